The molecule has 28 heavy (non-hydrogen) atoms. The summed E-state index contributed by atoms with van der Waals surface area (Å²) in [6.07, 6.45) is 1.59. The highest BCUT2D eigenvalue weighted by Gasteiger charge is 2.22. The van der Waals surface area contributed by atoms with E-state index in [1.165, 1.54) is 0 Å². The van der Waals surface area contributed by atoms with Gasteiger partial charge in [0.1, 0.15) is 0 Å². The number of nitrogens with one attached hydrogen (secondary N) is 1. The molecule has 0 fully saturated rings. The SMILES string of the molecule is Cc1c(C(=O)N(C)[C@@H](C)c2cccc(NC(=O)c3ccccc3)c2)cnn1C. The first-order valence-corrected chi connectivity index (χ1v) is 9.10. The summed E-state index contributed by atoms with van der Waals surface area (Å²) in [7, 11) is 3.59. The van der Waals surface area contributed by atoms with E-state index in [1.54, 1.807) is 35.0 Å². The second-order valence-corrected chi connectivity index (χ2v) is 6.80. The Bertz CT molecular complexity index is 995. The van der Waals surface area contributed by atoms with Crippen LogP contribution in [0.15, 0.2) is 60.8 Å². The molecule has 0 spiro atoms. The number of amides is 2. The van der Waals surface area contributed by atoms with Crippen molar-refractivity contribution in [3.05, 3.63) is 83.2 Å². The smallest absolute Gasteiger partial charge is 0.257 e. The second kappa shape index (κ2) is 8.08. The third-order valence-corrected chi connectivity index (χ3v) is 5.03. The van der Waals surface area contributed by atoms with Crippen molar-refractivity contribution in [2.24, 2.45) is 7.05 Å². The van der Waals surface area contributed by atoms with Crippen molar-refractivity contribution in [3.8, 4) is 0 Å². The van der Waals surface area contributed by atoms with Gasteiger partial charge in [-0.2, -0.15) is 5.10 Å². The standard InChI is InChI=1S/C22H24N4O2/c1-15(25(3)22(28)20-14-23-26(4)16(20)2)18-11-8-12-19(13-18)24-21(27)17-9-6-5-7-10-17/h5-15H,1-4H3,(H,24,27)/t15-/m0/s1. The number of hydrogen-bond donors (Lipinski definition) is 1. The molecule has 2 amide bonds. The molecule has 6 heteroatoms. The van der Waals surface area contributed by atoms with Crippen LogP contribution < -0.4 is 5.32 Å². The highest BCUT2D eigenvalue weighted by atomic mass is 16.2. The lowest BCUT2D eigenvalue weighted by molar-refractivity contribution is 0.0741. The van der Waals surface area contributed by atoms with Gasteiger partial charge in [0.15, 0.2) is 0 Å². The van der Waals surface area contributed by atoms with Crippen LogP contribution in [0.3, 0.4) is 0 Å². The van der Waals surface area contributed by atoms with E-state index in [0.29, 0.717) is 16.8 Å². The van der Waals surface area contributed by atoms with Gasteiger partial charge in [0.2, 0.25) is 0 Å². The van der Waals surface area contributed by atoms with E-state index in [2.05, 4.69) is 10.4 Å². The Balaban J connectivity index is 1.76. The van der Waals surface area contributed by atoms with Gasteiger partial charge < -0.3 is 10.2 Å². The Kier molecular flexibility index (Phi) is 5.59. The maximum absolute atomic E-state index is 12.8. The van der Waals surface area contributed by atoms with E-state index in [9.17, 15) is 9.59 Å². The van der Waals surface area contributed by atoms with Gasteiger partial charge in [0, 0.05) is 31.0 Å². The predicted molar refractivity (Wildman–Crippen MR) is 109 cm³/mol. The Morgan fingerprint density at radius 1 is 1.11 bits per heavy atom. The van der Waals surface area contributed by atoms with Crippen molar-refractivity contribution in [1.29, 1.82) is 0 Å². The summed E-state index contributed by atoms with van der Waals surface area (Å²) in [5.74, 6) is -0.252. The third kappa shape index (κ3) is 3.96. The highest BCUT2D eigenvalue weighted by molar-refractivity contribution is 6.04. The lowest BCUT2D eigenvalue weighted by Gasteiger charge is -2.25. The van der Waals surface area contributed by atoms with E-state index in [4.69, 9.17) is 0 Å². The average molecular weight is 376 g/mol. The van der Waals surface area contributed by atoms with E-state index >= 15 is 0 Å². The molecule has 1 heterocycles. The van der Waals surface area contributed by atoms with Crippen LogP contribution in [-0.2, 0) is 7.05 Å². The second-order valence-electron chi connectivity index (χ2n) is 6.80. The zero-order valence-corrected chi connectivity index (χ0v) is 16.5. The van der Waals surface area contributed by atoms with E-state index in [0.717, 1.165) is 11.3 Å². The van der Waals surface area contributed by atoms with Crippen LogP contribution in [0.25, 0.3) is 0 Å². The van der Waals surface area contributed by atoms with E-state index in [1.807, 2.05) is 63.4 Å². The summed E-state index contributed by atoms with van der Waals surface area (Å²) in [6, 6.07) is 16.5. The number of aromatic nitrogens is 2. The van der Waals surface area contributed by atoms with Crippen LogP contribution in [0, 0.1) is 6.92 Å². The van der Waals surface area contributed by atoms with Crippen LogP contribution in [0.1, 0.15) is 44.9 Å². The maximum Gasteiger partial charge on any atom is 0.257 e. The van der Waals surface area contributed by atoms with Crippen molar-refractivity contribution in [2.75, 3.05) is 12.4 Å². The molecule has 3 rings (SSSR count). The van der Waals surface area contributed by atoms with Gasteiger partial charge in [-0.3, -0.25) is 14.3 Å². The average Bonchev–Trinajstić information content (AvgIpc) is 3.05. The molecule has 0 saturated carbocycles. The molecule has 0 bridgehead atoms. The predicted octanol–water partition coefficient (Wildman–Crippen LogP) is 3.81. The first kappa shape index (κ1) is 19.4. The molecule has 0 radical (unpaired) electrons. The van der Waals surface area contributed by atoms with Crippen LogP contribution in [0.5, 0.6) is 0 Å². The van der Waals surface area contributed by atoms with Crippen molar-refractivity contribution >= 4 is 17.5 Å². The zero-order valence-electron chi connectivity index (χ0n) is 16.5. The molecule has 144 valence electrons. The fourth-order valence-electron chi connectivity index (χ4n) is 2.97. The topological polar surface area (TPSA) is 67.2 Å². The van der Waals surface area contributed by atoms with Crippen molar-refractivity contribution in [3.63, 3.8) is 0 Å². The fourth-order valence-corrected chi connectivity index (χ4v) is 2.97. The van der Waals surface area contributed by atoms with Gasteiger partial charge >= 0.3 is 0 Å². The molecule has 1 N–H and O–H groups in total. The first-order valence-electron chi connectivity index (χ1n) is 9.10. The molecule has 0 aliphatic rings. The number of hydrogen-bond acceptors (Lipinski definition) is 3. The summed E-state index contributed by atoms with van der Waals surface area (Å²) in [6.45, 7) is 3.83. The van der Waals surface area contributed by atoms with Crippen LogP contribution in [0.4, 0.5) is 5.69 Å². The number of carbonyl (C=O) groups is 2. The molecule has 0 aliphatic heterocycles. The monoisotopic (exact) mass is 376 g/mol. The lowest BCUT2D eigenvalue weighted by atomic mass is 10.1. The maximum atomic E-state index is 12.8. The first-order chi connectivity index (χ1) is 13.4. The Morgan fingerprint density at radius 2 is 1.82 bits per heavy atom. The molecular formula is C22H24N4O2. The van der Waals surface area contributed by atoms with Gasteiger partial charge in [0.05, 0.1) is 17.8 Å². The Morgan fingerprint density at radius 3 is 2.46 bits per heavy atom. The minimum atomic E-state index is -0.166. The fraction of sp³-hybridized carbons (Fsp3) is 0.227. The number of carbonyl (C=O) groups excluding carboxylic acids is 2. The minimum absolute atomic E-state index is 0.0863. The number of benzene rings is 2. The van der Waals surface area contributed by atoms with Gasteiger partial charge in [0.25, 0.3) is 11.8 Å². The molecule has 2 aromatic carbocycles. The Hall–Kier alpha value is -3.41. The summed E-state index contributed by atoms with van der Waals surface area (Å²) in [5, 5.41) is 7.06. The van der Waals surface area contributed by atoms with Crippen molar-refractivity contribution in [1.82, 2.24) is 14.7 Å². The largest absolute Gasteiger partial charge is 0.335 e. The molecule has 0 aliphatic carbocycles. The number of rotatable bonds is 5. The number of anilines is 1. The van der Waals surface area contributed by atoms with Crippen LogP contribution >= 0.6 is 0 Å². The molecule has 3 aromatic rings. The number of aryl methyl sites for hydroxylation is 1. The number of nitrogens with zero attached hydrogens (tertiary/aromatic N) is 3. The molecule has 1 aromatic heterocycles. The van der Waals surface area contributed by atoms with Crippen molar-refractivity contribution in [2.45, 2.75) is 19.9 Å². The zero-order chi connectivity index (χ0) is 20.3. The van der Waals surface area contributed by atoms with Crippen LogP contribution in [0.2, 0.25) is 0 Å². The lowest BCUT2D eigenvalue weighted by Crippen LogP contribution is -2.30. The van der Waals surface area contributed by atoms with Gasteiger partial charge in [-0.1, -0.05) is 30.3 Å². The van der Waals surface area contributed by atoms with Gasteiger partial charge in [-0.25, -0.2) is 0 Å². The summed E-state index contributed by atoms with van der Waals surface area (Å²) in [4.78, 5) is 26.9. The van der Waals surface area contributed by atoms with E-state index < -0.39 is 0 Å². The molecule has 0 unspecified atom stereocenters. The van der Waals surface area contributed by atoms with Crippen LogP contribution in [-0.4, -0.2) is 33.5 Å². The normalized spacial score (nSPS) is 11.7. The highest BCUT2D eigenvalue weighted by Crippen LogP contribution is 2.24. The summed E-state index contributed by atoms with van der Waals surface area (Å²) in [5.41, 5.74) is 3.64. The Labute approximate surface area is 164 Å². The van der Waals surface area contributed by atoms with Gasteiger partial charge in [-0.05, 0) is 43.7 Å². The molecule has 6 nitrogen and oxygen atoms in total. The molecule has 0 saturated heterocycles. The van der Waals surface area contributed by atoms with Crippen molar-refractivity contribution < 1.29 is 9.59 Å². The summed E-state index contributed by atoms with van der Waals surface area (Å²) < 4.78 is 1.69. The van der Waals surface area contributed by atoms with E-state index in [-0.39, 0.29) is 17.9 Å². The quantitative estimate of drug-likeness (QED) is 0.736. The van der Waals surface area contributed by atoms with Gasteiger partial charge in [-0.15, -0.1) is 0 Å². The molecular weight excluding hydrogens is 352 g/mol. The molecule has 1 atom stereocenters. The third-order valence-electron chi connectivity index (χ3n) is 5.03. The summed E-state index contributed by atoms with van der Waals surface area (Å²) >= 11 is 0. The minimum Gasteiger partial charge on any atom is -0.335 e.